The second-order valence-electron chi connectivity index (χ2n) is 5.08. The molecule has 2 unspecified atom stereocenters. The first-order chi connectivity index (χ1) is 9.54. The largest absolute Gasteiger partial charge is 0.349 e. The Balaban J connectivity index is 2.14. The van der Waals surface area contributed by atoms with Gasteiger partial charge in [-0.05, 0) is 37.4 Å². The van der Waals surface area contributed by atoms with Gasteiger partial charge in [-0.3, -0.25) is 4.79 Å². The molecule has 2 atom stereocenters. The molecule has 1 saturated carbocycles. The third-order valence-electron chi connectivity index (χ3n) is 3.81. The van der Waals surface area contributed by atoms with E-state index >= 15 is 0 Å². The summed E-state index contributed by atoms with van der Waals surface area (Å²) in [6, 6.07) is 1.55. The highest BCUT2D eigenvalue weighted by Crippen LogP contribution is 2.24. The van der Waals surface area contributed by atoms with Crippen LogP contribution in [-0.2, 0) is 0 Å². The van der Waals surface area contributed by atoms with Crippen LogP contribution in [0.25, 0.3) is 0 Å². The van der Waals surface area contributed by atoms with Gasteiger partial charge in [0.05, 0.1) is 5.56 Å². The molecule has 1 fully saturated rings. The van der Waals surface area contributed by atoms with Crippen LogP contribution in [0.15, 0.2) is 12.1 Å². The molecular formula is C14H17F3N2O. The van der Waals surface area contributed by atoms with Crippen molar-refractivity contribution in [2.24, 2.45) is 11.7 Å². The minimum Gasteiger partial charge on any atom is -0.349 e. The molecule has 1 aromatic rings. The zero-order valence-electron chi connectivity index (χ0n) is 11.0. The van der Waals surface area contributed by atoms with Crippen LogP contribution in [0.3, 0.4) is 0 Å². The Morgan fingerprint density at radius 3 is 2.60 bits per heavy atom. The summed E-state index contributed by atoms with van der Waals surface area (Å²) in [4.78, 5) is 12.0. The molecule has 20 heavy (non-hydrogen) atoms. The summed E-state index contributed by atoms with van der Waals surface area (Å²) in [5.74, 6) is -4.98. The Morgan fingerprint density at radius 1 is 1.20 bits per heavy atom. The van der Waals surface area contributed by atoms with Gasteiger partial charge in [0.15, 0.2) is 17.5 Å². The van der Waals surface area contributed by atoms with E-state index in [2.05, 4.69) is 5.32 Å². The van der Waals surface area contributed by atoms with Crippen molar-refractivity contribution in [3.8, 4) is 0 Å². The third kappa shape index (κ3) is 2.95. The molecule has 3 N–H and O–H groups in total. The van der Waals surface area contributed by atoms with Crippen molar-refractivity contribution in [1.82, 2.24) is 5.32 Å². The van der Waals surface area contributed by atoms with Crippen molar-refractivity contribution < 1.29 is 18.0 Å². The van der Waals surface area contributed by atoms with Crippen LogP contribution >= 0.6 is 0 Å². The highest BCUT2D eigenvalue weighted by atomic mass is 19.2. The predicted octanol–water partition coefficient (Wildman–Crippen LogP) is 2.35. The van der Waals surface area contributed by atoms with Crippen LogP contribution in [0, 0.1) is 23.4 Å². The van der Waals surface area contributed by atoms with Gasteiger partial charge < -0.3 is 11.1 Å². The Hall–Kier alpha value is -1.56. The number of rotatable bonds is 3. The lowest BCUT2D eigenvalue weighted by Crippen LogP contribution is -2.45. The van der Waals surface area contributed by atoms with E-state index in [1.54, 1.807) is 0 Å². The van der Waals surface area contributed by atoms with E-state index in [4.69, 9.17) is 5.73 Å². The first-order valence-corrected chi connectivity index (χ1v) is 6.69. The first-order valence-electron chi connectivity index (χ1n) is 6.69. The lowest BCUT2D eigenvalue weighted by atomic mass is 9.84. The summed E-state index contributed by atoms with van der Waals surface area (Å²) in [5.41, 5.74) is 5.17. The number of nitrogens with one attached hydrogen (secondary N) is 1. The number of nitrogens with two attached hydrogens (primary N) is 1. The zero-order chi connectivity index (χ0) is 14.7. The van der Waals surface area contributed by atoms with Gasteiger partial charge in [-0.1, -0.05) is 12.8 Å². The van der Waals surface area contributed by atoms with Crippen molar-refractivity contribution in [1.29, 1.82) is 0 Å². The second kappa shape index (κ2) is 6.26. The summed E-state index contributed by atoms with van der Waals surface area (Å²) >= 11 is 0. The van der Waals surface area contributed by atoms with Crippen LogP contribution in [-0.4, -0.2) is 18.5 Å². The third-order valence-corrected chi connectivity index (χ3v) is 3.81. The van der Waals surface area contributed by atoms with Crippen LogP contribution in [0.2, 0.25) is 0 Å². The van der Waals surface area contributed by atoms with E-state index in [1.165, 1.54) is 0 Å². The van der Waals surface area contributed by atoms with E-state index < -0.39 is 28.9 Å². The first kappa shape index (κ1) is 14.8. The van der Waals surface area contributed by atoms with Gasteiger partial charge in [-0.25, -0.2) is 13.2 Å². The molecular weight excluding hydrogens is 269 g/mol. The van der Waals surface area contributed by atoms with Crippen LogP contribution in [0.4, 0.5) is 13.2 Å². The fraction of sp³-hybridized carbons (Fsp3) is 0.500. The topological polar surface area (TPSA) is 55.1 Å². The normalized spacial score (nSPS) is 22.6. The average molecular weight is 286 g/mol. The fourth-order valence-corrected chi connectivity index (χ4v) is 2.63. The summed E-state index contributed by atoms with van der Waals surface area (Å²) in [7, 11) is 0. The van der Waals surface area contributed by atoms with Gasteiger partial charge in [0.2, 0.25) is 0 Å². The van der Waals surface area contributed by atoms with Crippen molar-refractivity contribution in [3.05, 3.63) is 35.1 Å². The maximum atomic E-state index is 13.5. The SMILES string of the molecule is NCC1CCCCC1NC(=O)c1ccc(F)c(F)c1F. The smallest absolute Gasteiger partial charge is 0.254 e. The van der Waals surface area contributed by atoms with Gasteiger partial charge in [0.25, 0.3) is 5.91 Å². The fourth-order valence-electron chi connectivity index (χ4n) is 2.63. The maximum Gasteiger partial charge on any atom is 0.254 e. The van der Waals surface area contributed by atoms with E-state index in [-0.39, 0.29) is 12.0 Å². The number of benzene rings is 1. The quantitative estimate of drug-likeness (QED) is 0.838. The monoisotopic (exact) mass is 286 g/mol. The average Bonchev–Trinajstić information content (AvgIpc) is 2.45. The molecule has 0 aromatic heterocycles. The summed E-state index contributed by atoms with van der Waals surface area (Å²) in [5, 5.41) is 2.68. The molecule has 3 nitrogen and oxygen atoms in total. The standard InChI is InChI=1S/C14H17F3N2O/c15-10-6-5-9(12(16)13(10)17)14(20)19-11-4-2-1-3-8(11)7-18/h5-6,8,11H,1-4,7,18H2,(H,19,20). The molecule has 6 heteroatoms. The number of carbonyl (C=O) groups excluding carboxylic acids is 1. The molecule has 1 aliphatic rings. The van der Waals surface area contributed by atoms with Crippen molar-refractivity contribution in [2.75, 3.05) is 6.54 Å². The number of amides is 1. The molecule has 2 rings (SSSR count). The van der Waals surface area contributed by atoms with E-state index in [9.17, 15) is 18.0 Å². The molecule has 1 aliphatic carbocycles. The minimum atomic E-state index is -1.63. The summed E-state index contributed by atoms with van der Waals surface area (Å²) in [6.45, 7) is 0.436. The molecule has 0 bridgehead atoms. The Kier molecular flexibility index (Phi) is 4.65. The van der Waals surface area contributed by atoms with Crippen LogP contribution in [0.5, 0.6) is 0 Å². The molecule has 0 aliphatic heterocycles. The number of hydrogen-bond acceptors (Lipinski definition) is 2. The Bertz CT molecular complexity index is 507. The highest BCUT2D eigenvalue weighted by Gasteiger charge is 2.27. The molecule has 0 saturated heterocycles. The number of hydrogen-bond donors (Lipinski definition) is 2. The highest BCUT2D eigenvalue weighted by molar-refractivity contribution is 5.94. The summed E-state index contributed by atoms with van der Waals surface area (Å²) in [6.07, 6.45) is 3.68. The van der Waals surface area contributed by atoms with E-state index in [0.29, 0.717) is 6.54 Å². The Morgan fingerprint density at radius 2 is 1.90 bits per heavy atom. The van der Waals surface area contributed by atoms with E-state index in [0.717, 1.165) is 37.8 Å². The van der Waals surface area contributed by atoms with Crippen molar-refractivity contribution >= 4 is 5.91 Å². The molecule has 1 aromatic carbocycles. The Labute approximate surface area is 115 Å². The van der Waals surface area contributed by atoms with Crippen molar-refractivity contribution in [3.63, 3.8) is 0 Å². The van der Waals surface area contributed by atoms with E-state index in [1.807, 2.05) is 0 Å². The van der Waals surface area contributed by atoms with Crippen LogP contribution in [0.1, 0.15) is 36.0 Å². The predicted molar refractivity (Wildman–Crippen MR) is 68.6 cm³/mol. The molecule has 110 valence electrons. The second-order valence-corrected chi connectivity index (χ2v) is 5.08. The molecule has 0 heterocycles. The van der Waals surface area contributed by atoms with Gasteiger partial charge >= 0.3 is 0 Å². The number of halogens is 3. The maximum absolute atomic E-state index is 13.5. The lowest BCUT2D eigenvalue weighted by Gasteiger charge is -2.31. The van der Waals surface area contributed by atoms with Gasteiger partial charge in [0.1, 0.15) is 0 Å². The van der Waals surface area contributed by atoms with Gasteiger partial charge in [0, 0.05) is 6.04 Å². The molecule has 0 radical (unpaired) electrons. The lowest BCUT2D eigenvalue weighted by molar-refractivity contribution is 0.0902. The molecule has 1 amide bonds. The van der Waals surface area contributed by atoms with Gasteiger partial charge in [-0.2, -0.15) is 0 Å². The summed E-state index contributed by atoms with van der Waals surface area (Å²) < 4.78 is 39.5. The van der Waals surface area contributed by atoms with Crippen molar-refractivity contribution in [2.45, 2.75) is 31.7 Å². The molecule has 0 spiro atoms. The number of carbonyl (C=O) groups is 1. The van der Waals surface area contributed by atoms with Crippen LogP contribution < -0.4 is 11.1 Å². The zero-order valence-corrected chi connectivity index (χ0v) is 11.0. The minimum absolute atomic E-state index is 0.140. The van der Waals surface area contributed by atoms with Gasteiger partial charge in [-0.15, -0.1) is 0 Å².